The molecule has 2 saturated carbocycles. The number of halogens is 2. The lowest BCUT2D eigenvalue weighted by atomic mass is 9.80. The lowest BCUT2D eigenvalue weighted by molar-refractivity contribution is -0.145. The second-order valence-corrected chi connectivity index (χ2v) is 15.3. The molecule has 2 aliphatic carbocycles. The van der Waals surface area contributed by atoms with E-state index in [2.05, 4.69) is 40.5 Å². The standard InChI is InChI=1S/C42H52Cl2N2O7/c1-4-50-42(48)36-23-31(36)26-53-34-21-28(6-5-15-49-3)20-29(22-34)25-46(32-9-10-32)41(47)37-24-45-14-13-35(37)30-7-11-33(12-8-30)51-16-17-52-40-38(43)18-27(2)19-39(40)44/h7-8,11-12,18-22,31-32,35-37,45H,4-6,9-10,13-17,23-26H2,1-3H3/t31-,35+,36+,37?/m0/s1. The van der Waals surface area contributed by atoms with Crippen LogP contribution in [0.4, 0.5) is 0 Å². The van der Waals surface area contributed by atoms with Gasteiger partial charge in [-0.05, 0) is 123 Å². The van der Waals surface area contributed by atoms with E-state index in [-0.39, 0.29) is 41.6 Å². The first-order chi connectivity index (χ1) is 25.7. The first kappa shape index (κ1) is 39.2. The van der Waals surface area contributed by atoms with Gasteiger partial charge in [-0.2, -0.15) is 0 Å². The molecular weight excluding hydrogens is 715 g/mol. The Labute approximate surface area is 323 Å². The summed E-state index contributed by atoms with van der Waals surface area (Å²) in [5, 5.41) is 4.45. The Morgan fingerprint density at radius 1 is 0.868 bits per heavy atom. The van der Waals surface area contributed by atoms with Crippen LogP contribution in [0.1, 0.15) is 67.2 Å². The second kappa shape index (κ2) is 18.7. The lowest BCUT2D eigenvalue weighted by Crippen LogP contribution is -2.47. The molecule has 3 aromatic rings. The Balaban J connectivity index is 1.09. The van der Waals surface area contributed by atoms with Gasteiger partial charge in [0.15, 0.2) is 5.75 Å². The van der Waals surface area contributed by atoms with E-state index in [9.17, 15) is 9.59 Å². The third-order valence-corrected chi connectivity index (χ3v) is 10.8. The predicted octanol–water partition coefficient (Wildman–Crippen LogP) is 7.80. The summed E-state index contributed by atoms with van der Waals surface area (Å²) in [5.41, 5.74) is 4.33. The molecule has 1 unspecified atom stereocenters. The fraction of sp³-hybridized carbons (Fsp3) is 0.524. The summed E-state index contributed by atoms with van der Waals surface area (Å²) in [7, 11) is 1.72. The molecule has 1 aliphatic heterocycles. The number of carbonyl (C=O) groups is 2. The van der Waals surface area contributed by atoms with Crippen LogP contribution in [0.3, 0.4) is 0 Å². The molecular formula is C42H52Cl2N2O7. The number of hydrogen-bond donors (Lipinski definition) is 1. The third-order valence-electron chi connectivity index (χ3n) is 10.3. The zero-order valence-electron chi connectivity index (χ0n) is 31.0. The normalized spacial score (nSPS) is 20.8. The van der Waals surface area contributed by atoms with Gasteiger partial charge in [0, 0.05) is 38.8 Å². The first-order valence-corrected chi connectivity index (χ1v) is 19.7. The molecule has 0 radical (unpaired) electrons. The summed E-state index contributed by atoms with van der Waals surface area (Å²) in [6.45, 7) is 7.96. The van der Waals surface area contributed by atoms with Crippen molar-refractivity contribution in [2.45, 2.75) is 70.9 Å². The van der Waals surface area contributed by atoms with Crippen molar-refractivity contribution in [1.29, 1.82) is 0 Å². The number of ether oxygens (including phenoxy) is 5. The van der Waals surface area contributed by atoms with Crippen molar-refractivity contribution in [2.24, 2.45) is 17.8 Å². The van der Waals surface area contributed by atoms with Crippen LogP contribution in [0.5, 0.6) is 17.2 Å². The third kappa shape index (κ3) is 10.8. The zero-order chi connectivity index (χ0) is 37.3. The number of esters is 1. The van der Waals surface area contributed by atoms with E-state index in [1.54, 1.807) is 7.11 Å². The van der Waals surface area contributed by atoms with E-state index < -0.39 is 0 Å². The summed E-state index contributed by atoms with van der Waals surface area (Å²) in [5.74, 6) is 2.05. The quantitative estimate of drug-likeness (QED) is 0.0976. The highest BCUT2D eigenvalue weighted by molar-refractivity contribution is 6.37. The minimum Gasteiger partial charge on any atom is -0.493 e. The van der Waals surface area contributed by atoms with E-state index in [0.29, 0.717) is 61.9 Å². The summed E-state index contributed by atoms with van der Waals surface area (Å²) in [6.07, 6.45) is 5.45. The van der Waals surface area contributed by atoms with Crippen LogP contribution in [0.2, 0.25) is 10.0 Å². The average molecular weight is 768 g/mol. The van der Waals surface area contributed by atoms with E-state index in [1.165, 1.54) is 0 Å². The number of rotatable bonds is 19. The van der Waals surface area contributed by atoms with Crippen LogP contribution < -0.4 is 19.5 Å². The van der Waals surface area contributed by atoms with Crippen LogP contribution in [-0.2, 0) is 32.0 Å². The summed E-state index contributed by atoms with van der Waals surface area (Å²) >= 11 is 12.6. The van der Waals surface area contributed by atoms with Gasteiger partial charge in [-0.25, -0.2) is 0 Å². The number of nitrogens with one attached hydrogen (secondary N) is 1. The van der Waals surface area contributed by atoms with Gasteiger partial charge in [0.05, 0.1) is 35.1 Å². The van der Waals surface area contributed by atoms with E-state index >= 15 is 0 Å². The molecule has 3 fully saturated rings. The molecule has 3 aromatic carbocycles. The summed E-state index contributed by atoms with van der Waals surface area (Å²) < 4.78 is 28.6. The van der Waals surface area contributed by atoms with Crippen molar-refractivity contribution >= 4 is 35.1 Å². The molecule has 0 spiro atoms. The smallest absolute Gasteiger partial charge is 0.309 e. The fourth-order valence-electron chi connectivity index (χ4n) is 7.28. The van der Waals surface area contributed by atoms with E-state index in [1.807, 2.05) is 38.1 Å². The SMILES string of the molecule is CCOC(=O)[C@@H]1C[C@H]1COc1cc(CCCOC)cc(CN(C(=O)C2CNCC[C@@H]2c2ccc(OCCOc3c(Cl)cc(C)cc3Cl)cc2)C2CC2)c1. The predicted molar refractivity (Wildman–Crippen MR) is 206 cm³/mol. The minimum absolute atomic E-state index is 0.0767. The number of methoxy groups -OCH3 is 1. The molecule has 9 nitrogen and oxygen atoms in total. The Morgan fingerprint density at radius 2 is 1.60 bits per heavy atom. The summed E-state index contributed by atoms with van der Waals surface area (Å²) in [4.78, 5) is 28.8. The molecule has 286 valence electrons. The maximum atomic E-state index is 14.5. The van der Waals surface area contributed by atoms with Crippen molar-refractivity contribution in [3.63, 3.8) is 0 Å². The highest BCUT2D eigenvalue weighted by Crippen LogP contribution is 2.41. The van der Waals surface area contributed by atoms with Crippen molar-refractivity contribution in [3.05, 3.63) is 86.9 Å². The van der Waals surface area contributed by atoms with Gasteiger partial charge in [0.1, 0.15) is 24.7 Å². The molecule has 1 heterocycles. The number of nitrogens with zero attached hydrogens (tertiary/aromatic N) is 1. The fourth-order valence-corrected chi connectivity index (χ4v) is 7.99. The highest BCUT2D eigenvalue weighted by Gasteiger charge is 2.45. The van der Waals surface area contributed by atoms with Crippen LogP contribution in [-0.4, -0.2) is 76.1 Å². The number of piperidine rings is 1. The van der Waals surface area contributed by atoms with Crippen LogP contribution in [0.25, 0.3) is 0 Å². The number of amides is 1. The van der Waals surface area contributed by atoms with E-state index in [4.69, 9.17) is 46.9 Å². The van der Waals surface area contributed by atoms with Gasteiger partial charge in [-0.15, -0.1) is 0 Å². The number of hydrogen-bond acceptors (Lipinski definition) is 8. The molecule has 1 saturated heterocycles. The van der Waals surface area contributed by atoms with Gasteiger partial charge < -0.3 is 33.9 Å². The van der Waals surface area contributed by atoms with Gasteiger partial charge in [-0.1, -0.05) is 41.4 Å². The molecule has 0 bridgehead atoms. The molecule has 6 rings (SSSR count). The summed E-state index contributed by atoms with van der Waals surface area (Å²) in [6, 6.07) is 18.3. The van der Waals surface area contributed by atoms with Crippen molar-refractivity contribution in [1.82, 2.24) is 10.2 Å². The Hall–Kier alpha value is -3.50. The number of carbonyl (C=O) groups excluding carboxylic acids is 2. The molecule has 4 atom stereocenters. The number of aryl methyl sites for hydroxylation is 2. The van der Waals surface area contributed by atoms with Crippen LogP contribution in [0.15, 0.2) is 54.6 Å². The minimum atomic E-state index is -0.177. The maximum Gasteiger partial charge on any atom is 0.309 e. The highest BCUT2D eigenvalue weighted by atomic mass is 35.5. The zero-order valence-corrected chi connectivity index (χ0v) is 32.6. The van der Waals surface area contributed by atoms with Gasteiger partial charge in [0.2, 0.25) is 5.91 Å². The molecule has 11 heteroatoms. The van der Waals surface area contributed by atoms with Crippen LogP contribution in [0, 0.1) is 24.7 Å². The van der Waals surface area contributed by atoms with Crippen molar-refractivity contribution in [3.8, 4) is 17.2 Å². The molecule has 53 heavy (non-hydrogen) atoms. The van der Waals surface area contributed by atoms with Crippen molar-refractivity contribution < 1.29 is 33.3 Å². The second-order valence-electron chi connectivity index (χ2n) is 14.5. The van der Waals surface area contributed by atoms with Gasteiger partial charge in [0.25, 0.3) is 0 Å². The molecule has 1 N–H and O–H groups in total. The number of benzene rings is 3. The van der Waals surface area contributed by atoms with Crippen molar-refractivity contribution in [2.75, 3.05) is 53.2 Å². The van der Waals surface area contributed by atoms with E-state index in [0.717, 1.165) is 78.8 Å². The van der Waals surface area contributed by atoms with Crippen LogP contribution >= 0.6 is 23.2 Å². The Kier molecular flexibility index (Phi) is 13.8. The molecule has 1 amide bonds. The largest absolute Gasteiger partial charge is 0.493 e. The Bertz CT molecular complexity index is 1680. The van der Waals surface area contributed by atoms with Gasteiger partial charge in [-0.3, -0.25) is 9.59 Å². The van der Waals surface area contributed by atoms with Gasteiger partial charge >= 0.3 is 5.97 Å². The molecule has 3 aliphatic rings. The average Bonchev–Trinajstić information content (AvgIpc) is 4.09. The maximum absolute atomic E-state index is 14.5. The first-order valence-electron chi connectivity index (χ1n) is 19.0. The monoisotopic (exact) mass is 766 g/mol. The topological polar surface area (TPSA) is 95.6 Å². The molecule has 0 aromatic heterocycles. The Morgan fingerprint density at radius 3 is 2.32 bits per heavy atom. The lowest BCUT2D eigenvalue weighted by Gasteiger charge is -2.36.